The monoisotopic (exact) mass is 230 g/mol. The highest BCUT2D eigenvalue weighted by Gasteiger charge is 2.01. The number of para-hydroxylation sites is 1. The van der Waals surface area contributed by atoms with Crippen molar-refractivity contribution in [2.45, 2.75) is 0 Å². The summed E-state index contributed by atoms with van der Waals surface area (Å²) in [5, 5.41) is 2.59. The van der Waals surface area contributed by atoms with Gasteiger partial charge < -0.3 is 4.74 Å². The Kier molecular flexibility index (Phi) is 5.08. The highest BCUT2D eigenvalue weighted by molar-refractivity contribution is 7.55. The van der Waals surface area contributed by atoms with E-state index in [0.717, 1.165) is 5.75 Å². The van der Waals surface area contributed by atoms with Crippen molar-refractivity contribution in [3.63, 3.8) is 0 Å². The fraction of sp³-hybridized carbons (Fsp3) is 0.0769. The minimum Gasteiger partial charge on any atom is -0.496 e. The first-order chi connectivity index (χ1) is 7.40. The average Bonchev–Trinajstić information content (AvgIpc) is 2.31. The van der Waals surface area contributed by atoms with Gasteiger partial charge in [0.05, 0.1) is 15.5 Å². The van der Waals surface area contributed by atoms with Gasteiger partial charge in [-0.25, -0.2) is 0 Å². The summed E-state index contributed by atoms with van der Waals surface area (Å²) in [5.41, 5.74) is 0. The molecule has 0 aliphatic carbocycles. The molecule has 0 radical (unpaired) electrons. The summed E-state index contributed by atoms with van der Waals surface area (Å²) in [6.45, 7) is 0. The molecule has 0 bridgehead atoms. The number of ether oxygens (including phenoxy) is 1. The molecule has 1 nitrogen and oxygen atoms in total. The minimum absolute atomic E-state index is 0. The Bertz CT molecular complexity index is 431. The zero-order chi connectivity index (χ0) is 10.5. The number of methoxy groups -OCH3 is 1. The van der Waals surface area contributed by atoms with E-state index in [2.05, 4.69) is 30.3 Å². The Hall–Kier alpha value is -1.27. The molecule has 1 unspecified atom stereocenters. The topological polar surface area (TPSA) is 9.23 Å². The zero-order valence-electron chi connectivity index (χ0n) is 8.60. The smallest absolute Gasteiger partial charge is 0.126 e. The molecule has 0 N–H and O–H groups in total. The molecule has 82 valence electrons. The van der Waals surface area contributed by atoms with Crippen LogP contribution in [0.2, 0.25) is 0 Å². The van der Waals surface area contributed by atoms with Gasteiger partial charge in [0.25, 0.3) is 0 Å². The second kappa shape index (κ2) is 6.35. The lowest BCUT2D eigenvalue weighted by atomic mass is 10.3. The molecule has 0 aliphatic heterocycles. The summed E-state index contributed by atoms with van der Waals surface area (Å²) in [5.74, 6) is 0.972. The Morgan fingerprint density at radius 3 is 2.19 bits per heavy atom. The van der Waals surface area contributed by atoms with Crippen LogP contribution in [-0.2, 0) is 0 Å². The third-order valence-corrected chi connectivity index (χ3v) is 3.46. The van der Waals surface area contributed by atoms with Gasteiger partial charge in [0.15, 0.2) is 0 Å². The van der Waals surface area contributed by atoms with Crippen LogP contribution < -0.4 is 15.3 Å². The van der Waals surface area contributed by atoms with Crippen molar-refractivity contribution in [1.82, 2.24) is 0 Å². The first kappa shape index (κ1) is 12.8. The molecule has 0 saturated heterocycles. The van der Waals surface area contributed by atoms with E-state index in [-0.39, 0.29) is 8.41 Å². The van der Waals surface area contributed by atoms with E-state index in [1.165, 1.54) is 10.6 Å². The maximum atomic E-state index is 5.32. The van der Waals surface area contributed by atoms with Gasteiger partial charge in [-0.15, -0.1) is 0 Å². The molecular formula is C13H16BOP. The summed E-state index contributed by atoms with van der Waals surface area (Å²) in [6.07, 6.45) is 0. The molecule has 1 atom stereocenters. The van der Waals surface area contributed by atoms with Crippen LogP contribution in [-0.4, -0.2) is 15.5 Å². The molecule has 0 heterocycles. The molecule has 2 rings (SSSR count). The molecule has 2 aromatic rings. The van der Waals surface area contributed by atoms with Gasteiger partial charge in [-0.3, -0.25) is 0 Å². The van der Waals surface area contributed by atoms with Crippen molar-refractivity contribution in [2.75, 3.05) is 7.11 Å². The van der Waals surface area contributed by atoms with Gasteiger partial charge >= 0.3 is 0 Å². The van der Waals surface area contributed by atoms with Crippen molar-refractivity contribution < 1.29 is 4.74 Å². The lowest BCUT2D eigenvalue weighted by Gasteiger charge is -2.07. The van der Waals surface area contributed by atoms with Gasteiger partial charge in [-0.1, -0.05) is 57.1 Å². The summed E-state index contributed by atoms with van der Waals surface area (Å²) in [7, 11) is 2.37. The summed E-state index contributed by atoms with van der Waals surface area (Å²) in [6, 6.07) is 18.6. The first-order valence-corrected chi connectivity index (χ1v) is 5.85. The van der Waals surface area contributed by atoms with E-state index in [1.54, 1.807) is 7.11 Å². The highest BCUT2D eigenvalue weighted by Crippen LogP contribution is 2.18. The molecular weight excluding hydrogens is 214 g/mol. The maximum absolute atomic E-state index is 5.32. The highest BCUT2D eigenvalue weighted by atomic mass is 31.1. The van der Waals surface area contributed by atoms with Gasteiger partial charge in [0.1, 0.15) is 5.75 Å². The van der Waals surface area contributed by atoms with Gasteiger partial charge in [0, 0.05) is 5.30 Å². The van der Waals surface area contributed by atoms with E-state index in [9.17, 15) is 0 Å². The van der Waals surface area contributed by atoms with Crippen LogP contribution in [0, 0.1) is 0 Å². The van der Waals surface area contributed by atoms with Crippen molar-refractivity contribution in [3.8, 4) is 5.75 Å². The minimum atomic E-state index is 0. The molecule has 0 aliphatic rings. The third kappa shape index (κ3) is 3.11. The summed E-state index contributed by atoms with van der Waals surface area (Å²) >= 11 is 0. The fourth-order valence-electron chi connectivity index (χ4n) is 1.42. The lowest BCUT2D eigenvalue weighted by Crippen LogP contribution is -2.05. The molecule has 0 fully saturated rings. The largest absolute Gasteiger partial charge is 0.496 e. The number of benzene rings is 2. The molecule has 0 saturated carbocycles. The van der Waals surface area contributed by atoms with Crippen molar-refractivity contribution in [2.24, 2.45) is 0 Å². The standard InChI is InChI=1S/C13H13OP.BH3/c1-14-12-9-5-6-10-13(12)15-11-7-3-2-4-8-11;/h2-10,15H,1H3;1H3. The van der Waals surface area contributed by atoms with Gasteiger partial charge in [-0.2, -0.15) is 0 Å². The zero-order valence-corrected chi connectivity index (χ0v) is 9.60. The average molecular weight is 230 g/mol. The second-order valence-corrected chi connectivity index (χ2v) is 4.56. The Labute approximate surface area is 100 Å². The normalized spacial score (nSPS) is 10.1. The van der Waals surface area contributed by atoms with Crippen molar-refractivity contribution in [1.29, 1.82) is 0 Å². The molecule has 3 heteroatoms. The predicted octanol–water partition coefficient (Wildman–Crippen LogP) is 1.14. The van der Waals surface area contributed by atoms with Crippen LogP contribution in [0.15, 0.2) is 54.6 Å². The summed E-state index contributed by atoms with van der Waals surface area (Å²) in [4.78, 5) is 0. The maximum Gasteiger partial charge on any atom is 0.126 e. The van der Waals surface area contributed by atoms with Crippen LogP contribution in [0.3, 0.4) is 0 Å². The quantitative estimate of drug-likeness (QED) is 0.567. The predicted molar refractivity (Wildman–Crippen MR) is 77.0 cm³/mol. The SMILES string of the molecule is B.COc1ccccc1Pc1ccccc1. The molecule has 0 spiro atoms. The third-order valence-electron chi connectivity index (χ3n) is 2.16. The van der Waals surface area contributed by atoms with Crippen LogP contribution in [0.25, 0.3) is 0 Å². The number of hydrogen-bond donors (Lipinski definition) is 0. The van der Waals surface area contributed by atoms with Crippen LogP contribution in [0.4, 0.5) is 0 Å². The number of hydrogen-bond acceptors (Lipinski definition) is 1. The van der Waals surface area contributed by atoms with Crippen LogP contribution >= 0.6 is 8.58 Å². The molecule has 0 amide bonds. The molecule has 2 aromatic carbocycles. The van der Waals surface area contributed by atoms with E-state index in [4.69, 9.17) is 4.74 Å². The Morgan fingerprint density at radius 2 is 1.50 bits per heavy atom. The Morgan fingerprint density at radius 1 is 0.875 bits per heavy atom. The molecule has 16 heavy (non-hydrogen) atoms. The van der Waals surface area contributed by atoms with Crippen molar-refractivity contribution >= 4 is 27.6 Å². The Balaban J connectivity index is 0.00000128. The van der Waals surface area contributed by atoms with E-state index in [1.807, 2.05) is 24.3 Å². The lowest BCUT2D eigenvalue weighted by molar-refractivity contribution is 0.418. The van der Waals surface area contributed by atoms with Gasteiger partial charge in [-0.05, 0) is 11.4 Å². The fourth-order valence-corrected chi connectivity index (χ4v) is 2.58. The first-order valence-electron chi connectivity index (χ1n) is 4.85. The van der Waals surface area contributed by atoms with Gasteiger partial charge in [0.2, 0.25) is 0 Å². The van der Waals surface area contributed by atoms with E-state index >= 15 is 0 Å². The van der Waals surface area contributed by atoms with Crippen molar-refractivity contribution in [3.05, 3.63) is 54.6 Å². The van der Waals surface area contributed by atoms with Crippen LogP contribution in [0.1, 0.15) is 0 Å². The van der Waals surface area contributed by atoms with E-state index < -0.39 is 0 Å². The second-order valence-electron chi connectivity index (χ2n) is 3.19. The summed E-state index contributed by atoms with van der Waals surface area (Å²) < 4.78 is 5.32. The van der Waals surface area contributed by atoms with E-state index in [0.29, 0.717) is 8.58 Å². The number of rotatable bonds is 3. The van der Waals surface area contributed by atoms with Crippen LogP contribution in [0.5, 0.6) is 5.75 Å². The molecule has 0 aromatic heterocycles.